The zero-order valence-electron chi connectivity index (χ0n) is 25.0. The van der Waals surface area contributed by atoms with Crippen LogP contribution >= 0.6 is 23.1 Å². The number of aromatic nitrogens is 1. The number of rotatable bonds is 9. The monoisotopic (exact) mass is 580 g/mol. The van der Waals surface area contributed by atoms with Crippen molar-refractivity contribution in [2.24, 2.45) is 0 Å². The summed E-state index contributed by atoms with van der Waals surface area (Å²) in [6.45, 7) is 18.9. The van der Waals surface area contributed by atoms with Crippen molar-refractivity contribution in [3.63, 3.8) is 0 Å². The maximum absolute atomic E-state index is 12.5. The van der Waals surface area contributed by atoms with E-state index in [0.717, 1.165) is 17.0 Å². The number of nitrogens with one attached hydrogen (secondary N) is 2. The standard InChI is InChI=1S/C13H24N2O3S.C12H12N2OS.2C2H6/c1-5-19-13(3,4)11(14-9(2)16)12(18)15-7-6-10(17)8-15;1-9-12(16-8-14-9)11-4-2-10(3-5-11)6-13-7-15;2*1-2/h10-11,17H,5-8H2,1-4H3,(H,14,16);2-5,7-8H,6H2,1H3,(H,13,15);2*1-2H3. The Morgan fingerprint density at radius 1 is 1.23 bits per heavy atom. The highest BCUT2D eigenvalue weighted by Crippen LogP contribution is 2.30. The van der Waals surface area contributed by atoms with Crippen molar-refractivity contribution in [3.05, 3.63) is 41.0 Å². The molecule has 3 amide bonds. The first kappa shape index (κ1) is 36.6. The second-order valence-electron chi connectivity index (χ2n) is 8.86. The van der Waals surface area contributed by atoms with Crippen LogP contribution in [-0.4, -0.2) is 69.0 Å². The Kier molecular flexibility index (Phi) is 18.4. The number of aliphatic hydroxyl groups excluding tert-OH is 1. The second-order valence-corrected chi connectivity index (χ2v) is 11.6. The van der Waals surface area contributed by atoms with Gasteiger partial charge in [0, 0.05) is 31.3 Å². The van der Waals surface area contributed by atoms with Crippen LogP contribution in [0, 0.1) is 6.92 Å². The van der Waals surface area contributed by atoms with Crippen LogP contribution in [0.5, 0.6) is 0 Å². The van der Waals surface area contributed by atoms with E-state index in [-0.39, 0.29) is 16.6 Å². The highest BCUT2D eigenvalue weighted by molar-refractivity contribution is 8.00. The summed E-state index contributed by atoms with van der Waals surface area (Å²) >= 11 is 3.29. The van der Waals surface area contributed by atoms with Crippen molar-refractivity contribution in [1.29, 1.82) is 0 Å². The number of aryl methyl sites for hydroxylation is 1. The van der Waals surface area contributed by atoms with Crippen molar-refractivity contribution >= 4 is 41.3 Å². The van der Waals surface area contributed by atoms with E-state index >= 15 is 0 Å². The summed E-state index contributed by atoms with van der Waals surface area (Å²) in [5.41, 5.74) is 5.18. The van der Waals surface area contributed by atoms with Gasteiger partial charge in [0.2, 0.25) is 18.2 Å². The number of benzene rings is 1. The molecule has 2 unspecified atom stereocenters. The molecule has 2 heterocycles. The van der Waals surface area contributed by atoms with E-state index in [2.05, 4.69) is 27.8 Å². The van der Waals surface area contributed by atoms with Crippen LogP contribution in [0.3, 0.4) is 0 Å². The zero-order chi connectivity index (χ0) is 30.0. The van der Waals surface area contributed by atoms with Gasteiger partial charge in [-0.15, -0.1) is 11.3 Å². The zero-order valence-corrected chi connectivity index (χ0v) is 26.7. The predicted molar refractivity (Wildman–Crippen MR) is 165 cm³/mol. The van der Waals surface area contributed by atoms with Crippen LogP contribution in [0.25, 0.3) is 10.4 Å². The van der Waals surface area contributed by atoms with E-state index in [1.807, 2.05) is 73.0 Å². The van der Waals surface area contributed by atoms with Gasteiger partial charge in [-0.05, 0) is 44.1 Å². The van der Waals surface area contributed by atoms with Crippen LogP contribution in [0.2, 0.25) is 0 Å². The Hall–Kier alpha value is -2.43. The maximum atomic E-state index is 12.5. The topological polar surface area (TPSA) is 112 Å². The number of aliphatic hydroxyl groups is 1. The molecule has 8 nitrogen and oxygen atoms in total. The molecule has 0 radical (unpaired) electrons. The lowest BCUT2D eigenvalue weighted by molar-refractivity contribution is -0.136. The third-order valence-corrected chi connectivity index (χ3v) is 7.88. The summed E-state index contributed by atoms with van der Waals surface area (Å²) in [5, 5.41) is 14.9. The molecule has 0 saturated carbocycles. The van der Waals surface area contributed by atoms with Gasteiger partial charge < -0.3 is 20.6 Å². The Morgan fingerprint density at radius 2 is 1.85 bits per heavy atom. The number of likely N-dealkylation sites (tertiary alicyclic amines) is 1. The lowest BCUT2D eigenvalue weighted by Crippen LogP contribution is -2.56. The van der Waals surface area contributed by atoms with Crippen molar-refractivity contribution in [1.82, 2.24) is 20.5 Å². The van der Waals surface area contributed by atoms with Crippen LogP contribution < -0.4 is 10.6 Å². The molecule has 2 aromatic rings. The number of carbonyl (C=O) groups is 3. The van der Waals surface area contributed by atoms with Crippen molar-refractivity contribution < 1.29 is 19.5 Å². The van der Waals surface area contributed by atoms with E-state index in [4.69, 9.17) is 0 Å². The van der Waals surface area contributed by atoms with E-state index in [9.17, 15) is 19.5 Å². The van der Waals surface area contributed by atoms with Gasteiger partial charge in [-0.25, -0.2) is 4.98 Å². The second kappa shape index (κ2) is 19.6. The lowest BCUT2D eigenvalue weighted by atomic mass is 10.0. The van der Waals surface area contributed by atoms with E-state index in [1.165, 1.54) is 17.4 Å². The average Bonchev–Trinajstić information content (AvgIpc) is 3.56. The molecule has 0 bridgehead atoms. The molecule has 1 aliphatic heterocycles. The summed E-state index contributed by atoms with van der Waals surface area (Å²) in [4.78, 5) is 41.1. The number of thioether (sulfide) groups is 1. The molecule has 2 atom stereocenters. The molecule has 3 rings (SSSR count). The molecular formula is C29H48N4O4S2. The van der Waals surface area contributed by atoms with E-state index in [0.29, 0.717) is 32.5 Å². The van der Waals surface area contributed by atoms with Gasteiger partial charge in [0.25, 0.3) is 0 Å². The van der Waals surface area contributed by atoms with Gasteiger partial charge in [-0.2, -0.15) is 11.8 Å². The smallest absolute Gasteiger partial charge is 0.246 e. The number of amides is 3. The Morgan fingerprint density at radius 3 is 2.28 bits per heavy atom. The Labute approximate surface area is 243 Å². The van der Waals surface area contributed by atoms with Crippen molar-refractivity contribution in [2.75, 3.05) is 18.8 Å². The average molecular weight is 581 g/mol. The molecule has 1 saturated heterocycles. The summed E-state index contributed by atoms with van der Waals surface area (Å²) in [5.74, 6) is 0.569. The van der Waals surface area contributed by atoms with Gasteiger partial charge in [0.1, 0.15) is 6.04 Å². The van der Waals surface area contributed by atoms with Crippen LogP contribution in [-0.2, 0) is 20.9 Å². The molecule has 1 aliphatic rings. The first-order chi connectivity index (χ1) is 18.6. The van der Waals surface area contributed by atoms with Gasteiger partial charge >= 0.3 is 0 Å². The lowest BCUT2D eigenvalue weighted by Gasteiger charge is -2.35. The molecule has 10 heteroatoms. The molecule has 39 heavy (non-hydrogen) atoms. The molecule has 0 spiro atoms. The van der Waals surface area contributed by atoms with Gasteiger partial charge in [0.05, 0.1) is 22.2 Å². The molecule has 3 N–H and O–H groups in total. The van der Waals surface area contributed by atoms with Crippen LogP contribution in [0.1, 0.15) is 73.1 Å². The summed E-state index contributed by atoms with van der Waals surface area (Å²) in [6, 6.07) is 7.60. The molecule has 1 fully saturated rings. The summed E-state index contributed by atoms with van der Waals surface area (Å²) in [7, 11) is 0. The number of nitrogens with zero attached hydrogens (tertiary/aromatic N) is 2. The number of β-amino-alcohol motifs (C(OH)–C–C–N with tert-alkyl or cyclic N) is 1. The van der Waals surface area contributed by atoms with E-state index in [1.54, 1.807) is 28.0 Å². The van der Waals surface area contributed by atoms with Crippen molar-refractivity contribution in [2.45, 2.75) is 92.2 Å². The first-order valence-electron chi connectivity index (χ1n) is 13.6. The van der Waals surface area contributed by atoms with Crippen LogP contribution in [0.15, 0.2) is 29.8 Å². The maximum Gasteiger partial charge on any atom is 0.246 e. The molecule has 1 aromatic heterocycles. The fourth-order valence-electron chi connectivity index (χ4n) is 3.83. The summed E-state index contributed by atoms with van der Waals surface area (Å²) < 4.78 is -0.370. The summed E-state index contributed by atoms with van der Waals surface area (Å²) in [6.07, 6.45) is 0.880. The van der Waals surface area contributed by atoms with Crippen molar-refractivity contribution in [3.8, 4) is 10.4 Å². The highest BCUT2D eigenvalue weighted by Gasteiger charge is 2.40. The normalized spacial score (nSPS) is 14.8. The fourth-order valence-corrected chi connectivity index (χ4v) is 5.71. The quantitative estimate of drug-likeness (QED) is 0.359. The third kappa shape index (κ3) is 12.5. The predicted octanol–water partition coefficient (Wildman–Crippen LogP) is 5.03. The Bertz CT molecular complexity index is 980. The SMILES string of the molecule is CC.CC.CCSC(C)(C)C(NC(C)=O)C(=O)N1CCC(O)C1.Cc1ncsc1-c1ccc(CNC=O)cc1. The van der Waals surface area contributed by atoms with Gasteiger partial charge in [-0.3, -0.25) is 14.4 Å². The number of hydrogen-bond donors (Lipinski definition) is 3. The highest BCUT2D eigenvalue weighted by atomic mass is 32.2. The first-order valence-corrected chi connectivity index (χ1v) is 15.5. The van der Waals surface area contributed by atoms with Gasteiger partial charge in [-0.1, -0.05) is 58.9 Å². The minimum Gasteiger partial charge on any atom is -0.391 e. The minimum atomic E-state index is -0.555. The third-order valence-electron chi connectivity index (χ3n) is 5.63. The molecule has 0 aliphatic carbocycles. The van der Waals surface area contributed by atoms with Crippen LogP contribution in [0.4, 0.5) is 0 Å². The largest absolute Gasteiger partial charge is 0.391 e. The molecular weight excluding hydrogens is 532 g/mol. The molecule has 1 aromatic carbocycles. The fraction of sp³-hybridized carbons (Fsp3) is 0.586. The Balaban J connectivity index is 0.000000662. The minimum absolute atomic E-state index is 0.0994. The number of hydrogen-bond acceptors (Lipinski definition) is 7. The number of carbonyl (C=O) groups excluding carboxylic acids is 3. The van der Waals surface area contributed by atoms with Gasteiger partial charge in [0.15, 0.2) is 0 Å². The molecule has 220 valence electrons. The number of thiazole rings is 1. The van der Waals surface area contributed by atoms with E-state index < -0.39 is 12.1 Å².